The smallest absolute Gasteiger partial charge is 0.154 e. The van der Waals surface area contributed by atoms with Crippen LogP contribution in [0.1, 0.15) is 62.0 Å². The summed E-state index contributed by atoms with van der Waals surface area (Å²) in [6.07, 6.45) is 8.40. The molecule has 0 aliphatic heterocycles. The zero-order chi connectivity index (χ0) is 21.2. The summed E-state index contributed by atoms with van der Waals surface area (Å²) in [4.78, 5) is 11.3. The number of benzene rings is 1. The average molecular weight is 407 g/mol. The lowest BCUT2D eigenvalue weighted by molar-refractivity contribution is -0.0150. The number of carbonyl (C=O) groups is 1. The van der Waals surface area contributed by atoms with Gasteiger partial charge >= 0.3 is 0 Å². The van der Waals surface area contributed by atoms with Gasteiger partial charge in [-0.15, -0.1) is 0 Å². The Morgan fingerprint density at radius 1 is 1.25 bits per heavy atom. The first kappa shape index (κ1) is 22.5. The van der Waals surface area contributed by atoms with Crippen molar-refractivity contribution < 1.29 is 20.1 Å². The van der Waals surface area contributed by atoms with Crippen molar-refractivity contribution in [2.24, 2.45) is 17.3 Å². The van der Waals surface area contributed by atoms with Crippen LogP contribution >= 0.6 is 11.6 Å². The molecule has 0 heterocycles. The topological polar surface area (TPSA) is 77.8 Å². The molecule has 3 N–H and O–H groups in total. The molecule has 0 amide bonds. The normalized spacial score (nSPS) is 28.7. The van der Waals surface area contributed by atoms with Gasteiger partial charge < -0.3 is 15.3 Å². The first-order valence-electron chi connectivity index (χ1n) is 9.76. The molecular weight excluding hydrogens is 376 g/mol. The standard InChI is InChI=1S/C23H31ClO4/c1-13(10-11-23(5)14(2)7-9-19(26)16(23)4)6-8-17-21(27)18(12-25)15(3)20(24)22(17)28/h6,10-12,14,16,19,26-28H,7-9H2,1-5H3/b11-10+,13-6+/t14-,16+,19-,23+/m1/s1. The number of aldehydes is 1. The number of halogens is 1. The van der Waals surface area contributed by atoms with Crippen LogP contribution in [0.5, 0.6) is 11.5 Å². The lowest BCUT2D eigenvalue weighted by Gasteiger charge is -2.45. The number of aliphatic hydroxyl groups is 1. The Balaban J connectivity index is 2.27. The van der Waals surface area contributed by atoms with Crippen LogP contribution in [0.15, 0.2) is 23.8 Å². The molecule has 0 saturated heterocycles. The van der Waals surface area contributed by atoms with Crippen LogP contribution in [0.4, 0.5) is 0 Å². The number of hydrogen-bond acceptors (Lipinski definition) is 4. The Hall–Kier alpha value is -1.78. The van der Waals surface area contributed by atoms with Crippen molar-refractivity contribution in [3.8, 4) is 11.5 Å². The Morgan fingerprint density at radius 3 is 2.50 bits per heavy atom. The van der Waals surface area contributed by atoms with Crippen molar-refractivity contribution >= 4 is 17.9 Å². The van der Waals surface area contributed by atoms with E-state index in [9.17, 15) is 20.1 Å². The summed E-state index contributed by atoms with van der Waals surface area (Å²) >= 11 is 6.10. The molecule has 0 spiro atoms. The molecule has 28 heavy (non-hydrogen) atoms. The largest absolute Gasteiger partial charge is 0.507 e. The highest BCUT2D eigenvalue weighted by Gasteiger charge is 2.41. The zero-order valence-corrected chi connectivity index (χ0v) is 18.0. The van der Waals surface area contributed by atoms with Gasteiger partial charge in [0.05, 0.1) is 16.7 Å². The van der Waals surface area contributed by atoms with Gasteiger partial charge in [0, 0.05) is 5.56 Å². The van der Waals surface area contributed by atoms with E-state index < -0.39 is 0 Å². The number of carbonyl (C=O) groups excluding carboxylic acids is 1. The third-order valence-corrected chi connectivity index (χ3v) is 7.20. The van der Waals surface area contributed by atoms with Crippen LogP contribution in [0, 0.1) is 24.2 Å². The molecule has 1 fully saturated rings. The molecule has 1 aromatic carbocycles. The second kappa shape index (κ2) is 8.71. The third-order valence-electron chi connectivity index (χ3n) is 6.73. The van der Waals surface area contributed by atoms with Gasteiger partial charge in [0.2, 0.25) is 0 Å². The van der Waals surface area contributed by atoms with Crippen LogP contribution < -0.4 is 0 Å². The number of rotatable bonds is 5. The van der Waals surface area contributed by atoms with Crippen molar-refractivity contribution in [3.05, 3.63) is 45.5 Å². The summed E-state index contributed by atoms with van der Waals surface area (Å²) in [5.74, 6) is 0.209. The van der Waals surface area contributed by atoms with Crippen molar-refractivity contribution in [1.29, 1.82) is 0 Å². The highest BCUT2D eigenvalue weighted by atomic mass is 35.5. The molecule has 0 unspecified atom stereocenters. The number of allylic oxidation sites excluding steroid dienone is 4. The first-order valence-corrected chi connectivity index (χ1v) is 10.1. The average Bonchev–Trinajstić information content (AvgIpc) is 2.66. The highest BCUT2D eigenvalue weighted by molar-refractivity contribution is 6.33. The predicted molar refractivity (Wildman–Crippen MR) is 113 cm³/mol. The van der Waals surface area contributed by atoms with Crippen LogP contribution in [-0.2, 0) is 6.42 Å². The van der Waals surface area contributed by atoms with Gasteiger partial charge in [0.1, 0.15) is 11.5 Å². The fourth-order valence-corrected chi connectivity index (χ4v) is 4.24. The number of hydrogen-bond donors (Lipinski definition) is 3. The van der Waals surface area contributed by atoms with E-state index in [2.05, 4.69) is 26.8 Å². The van der Waals surface area contributed by atoms with E-state index in [-0.39, 0.29) is 51.5 Å². The summed E-state index contributed by atoms with van der Waals surface area (Å²) in [6, 6.07) is 0. The molecule has 0 bridgehead atoms. The Labute approximate surface area is 172 Å². The third kappa shape index (κ3) is 4.13. The van der Waals surface area contributed by atoms with Crippen molar-refractivity contribution in [2.45, 2.75) is 60.0 Å². The number of aliphatic hydroxyl groups excluding tert-OH is 1. The number of aromatic hydroxyl groups is 2. The molecular formula is C23H31ClO4. The maximum absolute atomic E-state index is 11.3. The van der Waals surface area contributed by atoms with Gasteiger partial charge in [0.15, 0.2) is 6.29 Å². The van der Waals surface area contributed by atoms with Crippen molar-refractivity contribution in [3.63, 3.8) is 0 Å². The monoisotopic (exact) mass is 406 g/mol. The van der Waals surface area contributed by atoms with Crippen molar-refractivity contribution in [1.82, 2.24) is 0 Å². The minimum Gasteiger partial charge on any atom is -0.507 e. The molecule has 1 aliphatic carbocycles. The summed E-state index contributed by atoms with van der Waals surface area (Å²) in [7, 11) is 0. The highest BCUT2D eigenvalue weighted by Crippen LogP contribution is 2.46. The van der Waals surface area contributed by atoms with Gasteiger partial charge in [-0.3, -0.25) is 4.79 Å². The second-order valence-electron chi connectivity index (χ2n) is 8.33. The van der Waals surface area contributed by atoms with Crippen LogP contribution in [0.2, 0.25) is 5.02 Å². The molecule has 4 atom stereocenters. The summed E-state index contributed by atoms with van der Waals surface area (Å²) in [6.45, 7) is 10.0. The molecule has 2 rings (SSSR count). The first-order chi connectivity index (χ1) is 13.0. The molecule has 5 heteroatoms. The second-order valence-corrected chi connectivity index (χ2v) is 8.71. The zero-order valence-electron chi connectivity index (χ0n) is 17.3. The number of phenols is 2. The van der Waals surface area contributed by atoms with Gasteiger partial charge in [-0.1, -0.05) is 56.2 Å². The molecule has 4 nitrogen and oxygen atoms in total. The van der Waals surface area contributed by atoms with E-state index in [0.29, 0.717) is 17.8 Å². The van der Waals surface area contributed by atoms with E-state index in [1.807, 2.05) is 19.1 Å². The lowest BCUT2D eigenvalue weighted by Crippen LogP contribution is -2.42. The van der Waals surface area contributed by atoms with E-state index in [1.165, 1.54) is 0 Å². The molecule has 1 aliphatic rings. The van der Waals surface area contributed by atoms with Gasteiger partial charge in [-0.2, -0.15) is 0 Å². The predicted octanol–water partition coefficient (Wildman–Crippen LogP) is 5.35. The fourth-order valence-electron chi connectivity index (χ4n) is 4.02. The van der Waals surface area contributed by atoms with Crippen molar-refractivity contribution in [2.75, 3.05) is 0 Å². The maximum atomic E-state index is 11.3. The Morgan fingerprint density at radius 2 is 1.89 bits per heavy atom. The minimum absolute atomic E-state index is 0.0860. The minimum atomic E-state index is -0.291. The summed E-state index contributed by atoms with van der Waals surface area (Å²) < 4.78 is 0. The Kier molecular flexibility index (Phi) is 7.00. The van der Waals surface area contributed by atoms with E-state index >= 15 is 0 Å². The quantitative estimate of drug-likeness (QED) is 0.455. The van der Waals surface area contributed by atoms with Crippen LogP contribution in [-0.4, -0.2) is 27.7 Å². The summed E-state index contributed by atoms with van der Waals surface area (Å²) in [5.41, 5.74) is 1.57. The van der Waals surface area contributed by atoms with Crippen LogP contribution in [0.3, 0.4) is 0 Å². The molecule has 1 aromatic rings. The Bertz CT molecular complexity index is 812. The van der Waals surface area contributed by atoms with Crippen LogP contribution in [0.25, 0.3) is 0 Å². The fraction of sp³-hybridized carbons (Fsp3) is 0.522. The van der Waals surface area contributed by atoms with Gasteiger partial charge in [-0.25, -0.2) is 0 Å². The van der Waals surface area contributed by atoms with Gasteiger partial charge in [-0.05, 0) is 55.9 Å². The summed E-state index contributed by atoms with van der Waals surface area (Å²) in [5, 5.41) is 31.0. The molecule has 0 radical (unpaired) electrons. The van der Waals surface area contributed by atoms with E-state index in [1.54, 1.807) is 6.92 Å². The molecule has 1 saturated carbocycles. The van der Waals surface area contributed by atoms with E-state index in [4.69, 9.17) is 11.6 Å². The maximum Gasteiger partial charge on any atom is 0.154 e. The molecule has 154 valence electrons. The number of phenolic OH excluding ortho intramolecular Hbond substituents is 2. The lowest BCUT2D eigenvalue weighted by atomic mass is 9.61. The van der Waals surface area contributed by atoms with Gasteiger partial charge in [0.25, 0.3) is 0 Å². The molecule has 0 aromatic heterocycles. The SMILES string of the molecule is CC(/C=C/[C@@]1(C)[C@H](C)CC[C@@H](O)[C@@H]1C)=C\Cc1c(O)c(Cl)c(C)c(C=O)c1O. The van der Waals surface area contributed by atoms with E-state index in [0.717, 1.165) is 18.4 Å².